The van der Waals surface area contributed by atoms with Crippen LogP contribution in [0.1, 0.15) is 25.7 Å². The van der Waals surface area contributed by atoms with E-state index in [4.69, 9.17) is 9.15 Å². The van der Waals surface area contributed by atoms with Crippen molar-refractivity contribution in [3.05, 3.63) is 30.8 Å². The number of carbonyl (C=O) groups is 2. The average molecular weight is 329 g/mol. The standard InChI is InChI=1S/C17H19N3O4/c1-23-14-8-12(6-7-13(14)15-9-18-10-24-15)20-17(22)16(21)19-11-4-2-3-5-11/h6-11H,2-5H2,1H3,(H,19,21)(H,20,22). The van der Waals surface area contributed by atoms with Crippen LogP contribution in [0.2, 0.25) is 0 Å². The quantitative estimate of drug-likeness (QED) is 0.840. The number of carbonyl (C=O) groups excluding carboxylic acids is 2. The molecule has 7 nitrogen and oxygen atoms in total. The third-order valence-corrected chi connectivity index (χ3v) is 4.05. The van der Waals surface area contributed by atoms with Crippen LogP contribution in [0.15, 0.2) is 35.2 Å². The lowest BCUT2D eigenvalue weighted by atomic mass is 10.1. The average Bonchev–Trinajstić information content (AvgIpc) is 3.28. The van der Waals surface area contributed by atoms with Gasteiger partial charge < -0.3 is 19.8 Å². The molecule has 1 aliphatic rings. The highest BCUT2D eigenvalue weighted by Gasteiger charge is 2.21. The highest BCUT2D eigenvalue weighted by molar-refractivity contribution is 6.39. The third-order valence-electron chi connectivity index (χ3n) is 4.05. The van der Waals surface area contributed by atoms with Gasteiger partial charge in [0.15, 0.2) is 12.2 Å². The molecule has 0 aliphatic heterocycles. The Balaban J connectivity index is 1.68. The molecule has 1 aliphatic carbocycles. The van der Waals surface area contributed by atoms with Crippen LogP contribution in [0.3, 0.4) is 0 Å². The first-order chi connectivity index (χ1) is 11.7. The number of nitrogens with zero attached hydrogens (tertiary/aromatic N) is 1. The fourth-order valence-electron chi connectivity index (χ4n) is 2.83. The van der Waals surface area contributed by atoms with Gasteiger partial charge in [-0.3, -0.25) is 9.59 Å². The Morgan fingerprint density at radius 1 is 1.25 bits per heavy atom. The van der Waals surface area contributed by atoms with Gasteiger partial charge in [-0.2, -0.15) is 0 Å². The minimum absolute atomic E-state index is 0.103. The van der Waals surface area contributed by atoms with Crippen LogP contribution in [-0.2, 0) is 9.59 Å². The normalized spacial score (nSPS) is 14.4. The zero-order valence-corrected chi connectivity index (χ0v) is 13.4. The summed E-state index contributed by atoms with van der Waals surface area (Å²) in [6.07, 6.45) is 6.94. The maximum Gasteiger partial charge on any atom is 0.313 e. The molecular weight excluding hydrogens is 310 g/mol. The van der Waals surface area contributed by atoms with Gasteiger partial charge in [-0.25, -0.2) is 4.98 Å². The van der Waals surface area contributed by atoms with Crippen LogP contribution in [0.25, 0.3) is 11.3 Å². The molecule has 1 aromatic carbocycles. The molecule has 2 amide bonds. The number of hydrogen-bond acceptors (Lipinski definition) is 5. The molecule has 7 heteroatoms. The number of hydrogen-bond donors (Lipinski definition) is 2. The third kappa shape index (κ3) is 3.56. The van der Waals surface area contributed by atoms with Crippen molar-refractivity contribution < 1.29 is 18.7 Å². The molecule has 0 saturated heterocycles. The van der Waals surface area contributed by atoms with Crippen LogP contribution in [0, 0.1) is 0 Å². The van der Waals surface area contributed by atoms with Crippen molar-refractivity contribution in [2.24, 2.45) is 0 Å². The molecule has 1 aromatic heterocycles. The lowest BCUT2D eigenvalue weighted by molar-refractivity contribution is -0.136. The van der Waals surface area contributed by atoms with E-state index in [0.717, 1.165) is 25.7 Å². The number of nitrogens with one attached hydrogen (secondary N) is 2. The summed E-state index contributed by atoms with van der Waals surface area (Å²) in [5.74, 6) is -0.221. The molecule has 1 saturated carbocycles. The molecule has 0 bridgehead atoms. The van der Waals surface area contributed by atoms with Gasteiger partial charge in [0.05, 0.1) is 18.9 Å². The molecule has 0 radical (unpaired) electrons. The SMILES string of the molecule is COc1cc(NC(=O)C(=O)NC2CCCC2)ccc1-c1cnco1. The topological polar surface area (TPSA) is 93.5 Å². The van der Waals surface area contributed by atoms with E-state index in [2.05, 4.69) is 15.6 Å². The summed E-state index contributed by atoms with van der Waals surface area (Å²) < 4.78 is 10.6. The maximum atomic E-state index is 12.0. The van der Waals surface area contributed by atoms with Gasteiger partial charge in [0.25, 0.3) is 0 Å². The fourth-order valence-corrected chi connectivity index (χ4v) is 2.83. The molecule has 2 N–H and O–H groups in total. The number of benzene rings is 1. The van der Waals surface area contributed by atoms with Crippen LogP contribution in [0.5, 0.6) is 5.75 Å². The summed E-state index contributed by atoms with van der Waals surface area (Å²) in [6.45, 7) is 0. The second kappa shape index (κ2) is 7.16. The minimum atomic E-state index is -0.684. The van der Waals surface area contributed by atoms with Gasteiger partial charge >= 0.3 is 11.8 Å². The van der Waals surface area contributed by atoms with Crippen LogP contribution in [0.4, 0.5) is 5.69 Å². The van der Waals surface area contributed by atoms with Gasteiger partial charge in [-0.05, 0) is 25.0 Å². The number of rotatable bonds is 4. The summed E-state index contributed by atoms with van der Waals surface area (Å²) >= 11 is 0. The first-order valence-corrected chi connectivity index (χ1v) is 7.86. The second-order valence-electron chi connectivity index (χ2n) is 5.69. The smallest absolute Gasteiger partial charge is 0.313 e. The molecule has 126 valence electrons. The maximum absolute atomic E-state index is 12.0. The lowest BCUT2D eigenvalue weighted by Gasteiger charge is -2.13. The van der Waals surface area contributed by atoms with Crippen molar-refractivity contribution in [2.45, 2.75) is 31.7 Å². The molecule has 3 rings (SSSR count). The van der Waals surface area contributed by atoms with Gasteiger partial charge in [0.1, 0.15) is 5.75 Å². The van der Waals surface area contributed by atoms with Crippen molar-refractivity contribution in [2.75, 3.05) is 12.4 Å². The monoisotopic (exact) mass is 329 g/mol. The summed E-state index contributed by atoms with van der Waals surface area (Å²) in [5, 5.41) is 5.34. The number of anilines is 1. The molecule has 0 unspecified atom stereocenters. The van der Waals surface area contributed by atoms with Crippen molar-refractivity contribution in [3.8, 4) is 17.1 Å². The molecule has 24 heavy (non-hydrogen) atoms. The van der Waals surface area contributed by atoms with Gasteiger partial charge in [0.2, 0.25) is 0 Å². The van der Waals surface area contributed by atoms with E-state index < -0.39 is 11.8 Å². The van der Waals surface area contributed by atoms with Gasteiger partial charge in [-0.15, -0.1) is 0 Å². The molecule has 2 aromatic rings. The molecule has 0 atom stereocenters. The number of ether oxygens (including phenoxy) is 1. The molecule has 0 spiro atoms. The Morgan fingerprint density at radius 2 is 2.04 bits per heavy atom. The highest BCUT2D eigenvalue weighted by Crippen LogP contribution is 2.32. The van der Waals surface area contributed by atoms with E-state index in [1.54, 1.807) is 24.4 Å². The van der Waals surface area contributed by atoms with Crippen LogP contribution in [-0.4, -0.2) is 29.9 Å². The summed E-state index contributed by atoms with van der Waals surface area (Å²) in [7, 11) is 1.52. The van der Waals surface area contributed by atoms with E-state index in [9.17, 15) is 9.59 Å². The number of aromatic nitrogens is 1. The minimum Gasteiger partial charge on any atom is -0.496 e. The number of methoxy groups -OCH3 is 1. The predicted molar refractivity (Wildman–Crippen MR) is 87.5 cm³/mol. The summed E-state index contributed by atoms with van der Waals surface area (Å²) in [4.78, 5) is 27.8. The molecular formula is C17H19N3O4. The van der Waals surface area contributed by atoms with E-state index in [-0.39, 0.29) is 6.04 Å². The Hall–Kier alpha value is -2.83. The Kier molecular flexibility index (Phi) is 4.79. The van der Waals surface area contributed by atoms with Gasteiger partial charge in [-0.1, -0.05) is 12.8 Å². The van der Waals surface area contributed by atoms with Crippen molar-refractivity contribution in [1.82, 2.24) is 10.3 Å². The van der Waals surface area contributed by atoms with Crippen LogP contribution < -0.4 is 15.4 Å². The fraction of sp³-hybridized carbons (Fsp3) is 0.353. The first-order valence-electron chi connectivity index (χ1n) is 7.86. The van der Waals surface area contributed by atoms with Crippen LogP contribution >= 0.6 is 0 Å². The van der Waals surface area contributed by atoms with E-state index in [1.165, 1.54) is 13.5 Å². The molecule has 1 heterocycles. The van der Waals surface area contributed by atoms with Gasteiger partial charge in [0, 0.05) is 17.8 Å². The van der Waals surface area contributed by atoms with Crippen molar-refractivity contribution >= 4 is 17.5 Å². The first kappa shape index (κ1) is 16.0. The Bertz CT molecular complexity index is 721. The predicted octanol–water partition coefficient (Wildman–Crippen LogP) is 2.35. The summed E-state index contributed by atoms with van der Waals surface area (Å²) in [6, 6.07) is 5.16. The second-order valence-corrected chi connectivity index (χ2v) is 5.69. The zero-order valence-electron chi connectivity index (χ0n) is 13.4. The van der Waals surface area contributed by atoms with E-state index >= 15 is 0 Å². The van der Waals surface area contributed by atoms with E-state index in [0.29, 0.717) is 22.8 Å². The summed E-state index contributed by atoms with van der Waals surface area (Å²) in [5.41, 5.74) is 1.19. The zero-order chi connectivity index (χ0) is 16.9. The molecule has 1 fully saturated rings. The van der Waals surface area contributed by atoms with E-state index in [1.807, 2.05) is 0 Å². The Labute approximate surface area is 139 Å². The number of amides is 2. The highest BCUT2D eigenvalue weighted by atomic mass is 16.5. The Morgan fingerprint density at radius 3 is 2.71 bits per heavy atom. The van der Waals surface area contributed by atoms with Crippen molar-refractivity contribution in [3.63, 3.8) is 0 Å². The lowest BCUT2D eigenvalue weighted by Crippen LogP contribution is -2.40. The number of oxazole rings is 1. The largest absolute Gasteiger partial charge is 0.496 e. The van der Waals surface area contributed by atoms with Crippen molar-refractivity contribution in [1.29, 1.82) is 0 Å².